The third-order valence-electron chi connectivity index (χ3n) is 6.38. The third-order valence-corrected chi connectivity index (χ3v) is 16.8. The van der Waals surface area contributed by atoms with Crippen LogP contribution < -0.4 is 28.1 Å². The molecule has 4 rings (SSSR count). The summed E-state index contributed by atoms with van der Waals surface area (Å²) in [5, 5.41) is 1.71. The number of hydrogen-bond donors (Lipinski definition) is 0. The van der Waals surface area contributed by atoms with Crippen molar-refractivity contribution in [1.29, 1.82) is 0 Å². The second-order valence-corrected chi connectivity index (χ2v) is 21.7. The summed E-state index contributed by atoms with van der Waals surface area (Å²) in [6, 6.07) is 16.2. The predicted octanol–water partition coefficient (Wildman–Crippen LogP) is 0.449. The molecule has 0 amide bonds. The van der Waals surface area contributed by atoms with E-state index < -0.39 is 29.3 Å². The fraction of sp³-hybridized carbons (Fsp3) is 0.346. The van der Waals surface area contributed by atoms with Crippen LogP contribution in [0.3, 0.4) is 0 Å². The van der Waals surface area contributed by atoms with Crippen molar-refractivity contribution in [2.24, 2.45) is 5.92 Å². The Morgan fingerprint density at radius 3 is 2.17 bits per heavy atom. The summed E-state index contributed by atoms with van der Waals surface area (Å²) in [5.74, 6) is 0.616. The minimum absolute atomic E-state index is 0. The zero-order chi connectivity index (χ0) is 20.2. The maximum Gasteiger partial charge on any atom is -1.00 e. The van der Waals surface area contributed by atoms with E-state index in [1.54, 1.807) is 22.8 Å². The van der Waals surface area contributed by atoms with Crippen LogP contribution in [0, 0.1) is 5.92 Å². The first-order valence-electron chi connectivity index (χ1n) is 10.5. The standard InChI is InChI=1S/C13H9.C10H17Si.C3H6.2ClH.Zr/c1-3-7-12-10(5-1)9-11-6-2-4-8-13(11)12;1-8-6-9(2)10(7-8)11(3,4)5;1-3-2;;;/h1-5,7-8H,9H2;7-8H,1-5H3;1-2H3;2*1H;/q;;;;;+2/p-2. The van der Waals surface area contributed by atoms with Crippen LogP contribution in [0.2, 0.25) is 19.6 Å². The van der Waals surface area contributed by atoms with Gasteiger partial charge >= 0.3 is 180 Å². The first-order valence-corrected chi connectivity index (χ1v) is 17.7. The SMILES string of the molecule is CC1=[C]([Zr+2](=[C](C)C)[c]2cccc3c2Cc2ccccc2-3)C(C)C=C1[Si](C)(C)C.[Cl-].[Cl-]. The summed E-state index contributed by atoms with van der Waals surface area (Å²) >= 11 is -2.09. The largest absolute Gasteiger partial charge is 1.00 e. The Kier molecular flexibility index (Phi) is 8.18. The number of halogens is 2. The Hall–Kier alpha value is -0.530. The van der Waals surface area contributed by atoms with Crippen LogP contribution in [0.4, 0.5) is 0 Å². The molecule has 2 aliphatic carbocycles. The van der Waals surface area contributed by atoms with Gasteiger partial charge in [0.05, 0.1) is 0 Å². The first-order chi connectivity index (χ1) is 13.2. The van der Waals surface area contributed by atoms with Crippen molar-refractivity contribution >= 4 is 14.6 Å². The van der Waals surface area contributed by atoms with Crippen molar-refractivity contribution in [2.45, 2.75) is 53.8 Å². The third kappa shape index (κ3) is 4.36. The van der Waals surface area contributed by atoms with E-state index in [-0.39, 0.29) is 24.8 Å². The fourth-order valence-electron chi connectivity index (χ4n) is 5.25. The van der Waals surface area contributed by atoms with Crippen LogP contribution in [0.25, 0.3) is 11.1 Å². The molecule has 0 nitrogen and oxygen atoms in total. The molecule has 2 aliphatic rings. The second-order valence-electron chi connectivity index (χ2n) is 9.70. The van der Waals surface area contributed by atoms with E-state index >= 15 is 0 Å². The van der Waals surface area contributed by atoms with E-state index in [1.807, 2.05) is 3.28 Å². The second kappa shape index (κ2) is 9.53. The van der Waals surface area contributed by atoms with Crippen LogP contribution in [-0.4, -0.2) is 11.3 Å². The molecule has 1 atom stereocenters. The number of rotatable bonds is 3. The van der Waals surface area contributed by atoms with E-state index in [2.05, 4.69) is 95.9 Å². The van der Waals surface area contributed by atoms with Crippen LogP contribution in [-0.2, 0) is 27.7 Å². The van der Waals surface area contributed by atoms with Gasteiger partial charge in [0.25, 0.3) is 0 Å². The molecule has 0 fully saturated rings. The zero-order valence-corrected chi connectivity index (χ0v) is 24.1. The molecule has 0 saturated heterocycles. The normalized spacial score (nSPS) is 16.6. The smallest absolute Gasteiger partial charge is 1.00 e. The van der Waals surface area contributed by atoms with Crippen molar-refractivity contribution in [3.8, 4) is 11.1 Å². The van der Waals surface area contributed by atoms with Gasteiger partial charge < -0.3 is 24.8 Å². The maximum absolute atomic E-state index is 2.62. The number of allylic oxidation sites excluding steroid dienone is 4. The number of fused-ring (bicyclic) bond motifs is 3. The van der Waals surface area contributed by atoms with Gasteiger partial charge in [-0.2, -0.15) is 0 Å². The Bertz CT molecular complexity index is 1070. The molecule has 0 saturated carbocycles. The van der Waals surface area contributed by atoms with Gasteiger partial charge in [0.2, 0.25) is 0 Å². The van der Waals surface area contributed by atoms with Gasteiger partial charge in [-0.05, 0) is 0 Å². The molecule has 0 heterocycles. The molecule has 0 spiro atoms. The summed E-state index contributed by atoms with van der Waals surface area (Å²) in [6.07, 6.45) is 3.74. The van der Waals surface area contributed by atoms with Crippen LogP contribution in [0.1, 0.15) is 38.8 Å². The van der Waals surface area contributed by atoms with Crippen LogP contribution in [0.15, 0.2) is 62.6 Å². The predicted molar refractivity (Wildman–Crippen MR) is 124 cm³/mol. The van der Waals surface area contributed by atoms with Gasteiger partial charge in [0.1, 0.15) is 0 Å². The van der Waals surface area contributed by atoms with Crippen molar-refractivity contribution in [3.63, 3.8) is 0 Å². The number of benzene rings is 2. The molecular formula is C26H32Cl2SiZr. The van der Waals surface area contributed by atoms with E-state index in [0.29, 0.717) is 5.92 Å². The van der Waals surface area contributed by atoms with Gasteiger partial charge in [-0.1, -0.05) is 0 Å². The van der Waals surface area contributed by atoms with Crippen molar-refractivity contribution in [3.05, 3.63) is 73.7 Å². The molecule has 0 aliphatic heterocycles. The molecule has 0 aromatic heterocycles. The molecule has 2 aromatic carbocycles. The van der Waals surface area contributed by atoms with Crippen LogP contribution >= 0.6 is 0 Å². The van der Waals surface area contributed by atoms with Gasteiger partial charge in [-0.25, -0.2) is 0 Å². The minimum Gasteiger partial charge on any atom is -1.00 e. The molecule has 158 valence electrons. The monoisotopic (exact) mass is 532 g/mol. The minimum atomic E-state index is -2.09. The molecule has 2 aromatic rings. The number of hydrogen-bond acceptors (Lipinski definition) is 0. The molecular weight excluding hydrogens is 503 g/mol. The average Bonchev–Trinajstić information content (AvgIpc) is 3.14. The van der Waals surface area contributed by atoms with Gasteiger partial charge in [0.15, 0.2) is 0 Å². The zero-order valence-electron chi connectivity index (χ0n) is 19.2. The first kappa shape index (κ1) is 25.7. The van der Waals surface area contributed by atoms with E-state index in [0.717, 1.165) is 6.42 Å². The van der Waals surface area contributed by atoms with Crippen molar-refractivity contribution in [1.82, 2.24) is 0 Å². The molecule has 1 unspecified atom stereocenters. The van der Waals surface area contributed by atoms with E-state index in [4.69, 9.17) is 0 Å². The quantitative estimate of drug-likeness (QED) is 0.428. The Labute approximate surface area is 203 Å². The topological polar surface area (TPSA) is 0 Å². The molecule has 30 heavy (non-hydrogen) atoms. The molecule has 0 N–H and O–H groups in total. The molecule has 4 heteroatoms. The Balaban J connectivity index is 0.00000160. The summed E-state index contributed by atoms with van der Waals surface area (Å²) in [6.45, 7) is 17.2. The van der Waals surface area contributed by atoms with Crippen LogP contribution in [0.5, 0.6) is 0 Å². The van der Waals surface area contributed by atoms with Gasteiger partial charge in [-0.3, -0.25) is 0 Å². The summed E-state index contributed by atoms with van der Waals surface area (Å²) in [7, 11) is -1.30. The van der Waals surface area contributed by atoms with E-state index in [9.17, 15) is 0 Å². The molecule has 0 bridgehead atoms. The van der Waals surface area contributed by atoms with Gasteiger partial charge in [0, 0.05) is 0 Å². The molecule has 0 radical (unpaired) electrons. The van der Waals surface area contributed by atoms with Crippen molar-refractivity contribution in [2.75, 3.05) is 0 Å². The summed E-state index contributed by atoms with van der Waals surface area (Å²) < 4.78 is 5.27. The average molecular weight is 535 g/mol. The summed E-state index contributed by atoms with van der Waals surface area (Å²) in [5.41, 5.74) is 7.76. The fourth-order valence-corrected chi connectivity index (χ4v) is 15.4. The van der Waals surface area contributed by atoms with Crippen molar-refractivity contribution < 1.29 is 46.1 Å². The van der Waals surface area contributed by atoms with E-state index in [1.165, 1.54) is 16.7 Å². The Morgan fingerprint density at radius 2 is 1.57 bits per heavy atom. The summed E-state index contributed by atoms with van der Waals surface area (Å²) in [4.78, 5) is 0. The van der Waals surface area contributed by atoms with Gasteiger partial charge in [-0.15, -0.1) is 0 Å². The maximum atomic E-state index is 2.62. The Morgan fingerprint density at radius 1 is 0.933 bits per heavy atom.